The predicted octanol–water partition coefficient (Wildman–Crippen LogP) is 2.59. The van der Waals surface area contributed by atoms with E-state index in [1.807, 2.05) is 12.1 Å². The Labute approximate surface area is 131 Å². The maximum atomic E-state index is 10.3. The lowest BCUT2D eigenvalue weighted by Crippen LogP contribution is -2.50. The standard InChI is InChI=1S/C18H23NO3/c1-21-14-4-3-13-6-8-19-7-5-12-9-17(22-2)16(20)10-15(12)18(13,19)11-14/h3,9-10,14,20H,4-8,11H2,1-2H3/t14-,18-/m0/s1. The van der Waals surface area contributed by atoms with E-state index in [-0.39, 0.29) is 17.4 Å². The van der Waals surface area contributed by atoms with Crippen LogP contribution in [0.2, 0.25) is 0 Å². The zero-order valence-electron chi connectivity index (χ0n) is 13.3. The second-order valence-corrected chi connectivity index (χ2v) is 6.56. The van der Waals surface area contributed by atoms with Gasteiger partial charge in [0.2, 0.25) is 0 Å². The molecule has 22 heavy (non-hydrogen) atoms. The van der Waals surface area contributed by atoms with Gasteiger partial charge in [-0.15, -0.1) is 0 Å². The molecule has 4 heteroatoms. The van der Waals surface area contributed by atoms with E-state index in [0.29, 0.717) is 5.75 Å². The first-order chi connectivity index (χ1) is 10.7. The van der Waals surface area contributed by atoms with Crippen LogP contribution in [0.1, 0.15) is 30.4 Å². The molecule has 2 heterocycles. The molecule has 0 radical (unpaired) electrons. The van der Waals surface area contributed by atoms with Gasteiger partial charge in [-0.1, -0.05) is 6.08 Å². The fourth-order valence-electron chi connectivity index (χ4n) is 4.63. The van der Waals surface area contributed by atoms with Crippen molar-refractivity contribution >= 4 is 0 Å². The van der Waals surface area contributed by atoms with E-state index >= 15 is 0 Å². The van der Waals surface area contributed by atoms with Crippen LogP contribution in [0.4, 0.5) is 0 Å². The van der Waals surface area contributed by atoms with E-state index in [1.54, 1.807) is 14.2 Å². The number of aromatic hydroxyl groups is 1. The van der Waals surface area contributed by atoms with Gasteiger partial charge in [0.05, 0.1) is 18.8 Å². The molecule has 4 nitrogen and oxygen atoms in total. The highest BCUT2D eigenvalue weighted by molar-refractivity contribution is 5.54. The van der Waals surface area contributed by atoms with Crippen molar-refractivity contribution in [3.63, 3.8) is 0 Å². The number of ether oxygens (including phenoxy) is 2. The van der Waals surface area contributed by atoms with Crippen LogP contribution in [-0.2, 0) is 16.7 Å². The summed E-state index contributed by atoms with van der Waals surface area (Å²) in [6, 6.07) is 3.95. The number of rotatable bonds is 2. The van der Waals surface area contributed by atoms with Gasteiger partial charge >= 0.3 is 0 Å². The zero-order valence-corrected chi connectivity index (χ0v) is 13.3. The maximum Gasteiger partial charge on any atom is 0.160 e. The van der Waals surface area contributed by atoms with Crippen LogP contribution < -0.4 is 4.74 Å². The Bertz CT molecular complexity index is 639. The topological polar surface area (TPSA) is 41.9 Å². The average Bonchev–Trinajstić information content (AvgIpc) is 2.93. The molecular weight excluding hydrogens is 278 g/mol. The number of phenolic OH excluding ortho intramolecular Hbond substituents is 1. The first-order valence-electron chi connectivity index (χ1n) is 8.06. The lowest BCUT2D eigenvalue weighted by atomic mass is 9.71. The van der Waals surface area contributed by atoms with Crippen molar-refractivity contribution in [3.8, 4) is 11.5 Å². The van der Waals surface area contributed by atoms with Crippen LogP contribution in [0, 0.1) is 0 Å². The van der Waals surface area contributed by atoms with Crippen LogP contribution in [0.25, 0.3) is 0 Å². The minimum atomic E-state index is -0.0732. The molecule has 0 aromatic heterocycles. The second-order valence-electron chi connectivity index (χ2n) is 6.56. The van der Waals surface area contributed by atoms with Crippen LogP contribution in [-0.4, -0.2) is 43.4 Å². The van der Waals surface area contributed by atoms with Crippen molar-refractivity contribution < 1.29 is 14.6 Å². The van der Waals surface area contributed by atoms with Crippen LogP contribution in [0.5, 0.6) is 11.5 Å². The fourth-order valence-corrected chi connectivity index (χ4v) is 4.63. The van der Waals surface area contributed by atoms with Gasteiger partial charge in [0.15, 0.2) is 11.5 Å². The van der Waals surface area contributed by atoms with E-state index in [9.17, 15) is 5.11 Å². The summed E-state index contributed by atoms with van der Waals surface area (Å²) in [5.41, 5.74) is 3.99. The molecule has 4 rings (SSSR count). The zero-order chi connectivity index (χ0) is 15.3. The Morgan fingerprint density at radius 2 is 2.05 bits per heavy atom. The van der Waals surface area contributed by atoms with Crippen molar-refractivity contribution in [2.24, 2.45) is 0 Å². The summed E-state index contributed by atoms with van der Waals surface area (Å²) in [6.07, 6.45) is 6.74. The lowest BCUT2D eigenvalue weighted by molar-refractivity contribution is 0.0290. The number of benzene rings is 1. The highest BCUT2D eigenvalue weighted by Gasteiger charge is 2.51. The van der Waals surface area contributed by atoms with Crippen LogP contribution in [0.3, 0.4) is 0 Å². The van der Waals surface area contributed by atoms with Gasteiger partial charge < -0.3 is 14.6 Å². The van der Waals surface area contributed by atoms with Gasteiger partial charge in [0.1, 0.15) is 0 Å². The SMILES string of the molecule is COc1cc2c(cc1O)[C@]13C[C@@H](OC)CC=C1CCN3CC2. The quantitative estimate of drug-likeness (QED) is 0.853. The molecular formula is C18H23NO3. The molecule has 1 aliphatic carbocycles. The van der Waals surface area contributed by atoms with E-state index < -0.39 is 0 Å². The van der Waals surface area contributed by atoms with Gasteiger partial charge in [0.25, 0.3) is 0 Å². The molecule has 0 unspecified atom stereocenters. The summed E-state index contributed by atoms with van der Waals surface area (Å²) < 4.78 is 11.0. The predicted molar refractivity (Wildman–Crippen MR) is 84.3 cm³/mol. The molecule has 1 spiro atoms. The number of fused-ring (bicyclic) bond motifs is 1. The summed E-state index contributed by atoms with van der Waals surface area (Å²) in [5, 5.41) is 10.3. The molecule has 2 atom stereocenters. The highest BCUT2D eigenvalue weighted by atomic mass is 16.5. The second kappa shape index (κ2) is 5.00. The number of phenols is 1. The van der Waals surface area contributed by atoms with Crippen molar-refractivity contribution in [2.75, 3.05) is 27.3 Å². The van der Waals surface area contributed by atoms with Crippen molar-refractivity contribution in [1.29, 1.82) is 0 Å². The minimum absolute atomic E-state index is 0.0732. The lowest BCUT2D eigenvalue weighted by Gasteiger charge is -2.48. The Balaban J connectivity index is 1.90. The van der Waals surface area contributed by atoms with Gasteiger partial charge in [-0.2, -0.15) is 0 Å². The largest absolute Gasteiger partial charge is 0.504 e. The Kier molecular flexibility index (Phi) is 3.20. The molecule has 0 bridgehead atoms. The number of hydrogen-bond donors (Lipinski definition) is 1. The third kappa shape index (κ3) is 1.77. The molecule has 1 fully saturated rings. The molecule has 0 amide bonds. The molecule has 2 aliphatic heterocycles. The Morgan fingerprint density at radius 1 is 1.23 bits per heavy atom. The van der Waals surface area contributed by atoms with Crippen LogP contribution in [0.15, 0.2) is 23.8 Å². The van der Waals surface area contributed by atoms with Crippen molar-refractivity contribution in [2.45, 2.75) is 37.3 Å². The van der Waals surface area contributed by atoms with Crippen molar-refractivity contribution in [3.05, 3.63) is 34.9 Å². The smallest absolute Gasteiger partial charge is 0.160 e. The summed E-state index contributed by atoms with van der Waals surface area (Å²) >= 11 is 0. The number of hydrogen-bond acceptors (Lipinski definition) is 4. The maximum absolute atomic E-state index is 10.3. The fraction of sp³-hybridized carbons (Fsp3) is 0.556. The molecule has 3 aliphatic rings. The summed E-state index contributed by atoms with van der Waals surface area (Å²) in [6.45, 7) is 2.17. The van der Waals surface area contributed by atoms with E-state index in [1.165, 1.54) is 16.7 Å². The third-order valence-electron chi connectivity index (χ3n) is 5.71. The molecule has 118 valence electrons. The summed E-state index contributed by atoms with van der Waals surface area (Å²) in [4.78, 5) is 2.58. The summed E-state index contributed by atoms with van der Waals surface area (Å²) in [5.74, 6) is 0.814. The van der Waals surface area contributed by atoms with Gasteiger partial charge in [-0.3, -0.25) is 4.90 Å². The molecule has 0 saturated carbocycles. The van der Waals surface area contributed by atoms with E-state index in [0.717, 1.165) is 38.8 Å². The average molecular weight is 301 g/mol. The first-order valence-corrected chi connectivity index (χ1v) is 8.06. The number of methoxy groups -OCH3 is 2. The monoisotopic (exact) mass is 301 g/mol. The van der Waals surface area contributed by atoms with Crippen molar-refractivity contribution in [1.82, 2.24) is 4.90 Å². The summed E-state index contributed by atoms with van der Waals surface area (Å²) in [7, 11) is 3.41. The molecule has 1 aromatic carbocycles. The molecule has 1 saturated heterocycles. The third-order valence-corrected chi connectivity index (χ3v) is 5.71. The normalized spacial score (nSPS) is 30.3. The number of nitrogens with zero attached hydrogens (tertiary/aromatic N) is 1. The van der Waals surface area contributed by atoms with Crippen LogP contribution >= 0.6 is 0 Å². The molecule has 1 aromatic rings. The van der Waals surface area contributed by atoms with Gasteiger partial charge in [-0.25, -0.2) is 0 Å². The highest BCUT2D eigenvalue weighted by Crippen LogP contribution is 2.54. The Morgan fingerprint density at radius 3 is 2.82 bits per heavy atom. The van der Waals surface area contributed by atoms with E-state index in [4.69, 9.17) is 9.47 Å². The van der Waals surface area contributed by atoms with Gasteiger partial charge in [0, 0.05) is 26.6 Å². The minimum Gasteiger partial charge on any atom is -0.504 e. The molecule has 1 N–H and O–H groups in total. The van der Waals surface area contributed by atoms with E-state index in [2.05, 4.69) is 11.0 Å². The first kappa shape index (κ1) is 14.1. The Hall–Kier alpha value is -1.52. The van der Waals surface area contributed by atoms with Gasteiger partial charge in [-0.05, 0) is 48.1 Å².